The van der Waals surface area contributed by atoms with Crippen molar-refractivity contribution in [3.63, 3.8) is 0 Å². The maximum atomic E-state index is 12.6. The number of hydrogen-bond donors (Lipinski definition) is 0. The van der Waals surface area contributed by atoms with E-state index in [2.05, 4.69) is 4.74 Å². The van der Waals surface area contributed by atoms with Crippen LogP contribution >= 0.6 is 0 Å². The zero-order valence-electron chi connectivity index (χ0n) is 8.79. The third-order valence-corrected chi connectivity index (χ3v) is 1.96. The minimum absolute atomic E-state index is 0.256. The van der Waals surface area contributed by atoms with E-state index in [9.17, 15) is 9.18 Å². The molecule has 1 aromatic carbocycles. The van der Waals surface area contributed by atoms with Crippen LogP contribution in [0.15, 0.2) is 35.9 Å². The Hall–Kier alpha value is -1.64. The van der Waals surface area contributed by atoms with Gasteiger partial charge in [0, 0.05) is 6.08 Å². The highest BCUT2D eigenvalue weighted by molar-refractivity contribution is 5.82. The third kappa shape index (κ3) is 3.94. The molecule has 0 aliphatic carbocycles. The van der Waals surface area contributed by atoms with Crippen molar-refractivity contribution in [2.45, 2.75) is 13.3 Å². The van der Waals surface area contributed by atoms with E-state index in [1.54, 1.807) is 12.1 Å². The van der Waals surface area contributed by atoms with Gasteiger partial charge in [-0.2, -0.15) is 0 Å². The summed E-state index contributed by atoms with van der Waals surface area (Å²) in [4.78, 5) is 10.9. The summed E-state index contributed by atoms with van der Waals surface area (Å²) < 4.78 is 17.1. The highest BCUT2D eigenvalue weighted by Crippen LogP contribution is 2.08. The molecule has 0 saturated heterocycles. The number of halogens is 1. The van der Waals surface area contributed by atoms with Crippen molar-refractivity contribution < 1.29 is 13.9 Å². The van der Waals surface area contributed by atoms with Gasteiger partial charge in [0.25, 0.3) is 0 Å². The molecule has 0 aliphatic heterocycles. The summed E-state index contributed by atoms with van der Waals surface area (Å²) in [5.74, 6) is -0.622. The fraction of sp³-hybridized carbons (Fsp3) is 0.250. The molecule has 0 bridgehead atoms. The molecule has 0 heterocycles. The van der Waals surface area contributed by atoms with Gasteiger partial charge in [-0.3, -0.25) is 0 Å². The van der Waals surface area contributed by atoms with Gasteiger partial charge < -0.3 is 4.74 Å². The Morgan fingerprint density at radius 2 is 2.00 bits per heavy atom. The van der Waals surface area contributed by atoms with Gasteiger partial charge in [-0.1, -0.05) is 17.7 Å². The van der Waals surface area contributed by atoms with E-state index < -0.39 is 0 Å². The summed E-state index contributed by atoms with van der Waals surface area (Å²) in [7, 11) is 1.34. The van der Waals surface area contributed by atoms with E-state index in [4.69, 9.17) is 0 Å². The van der Waals surface area contributed by atoms with Crippen LogP contribution in [-0.4, -0.2) is 13.1 Å². The third-order valence-electron chi connectivity index (χ3n) is 1.96. The number of carbonyl (C=O) groups excluding carboxylic acids is 1. The first kappa shape index (κ1) is 11.4. The summed E-state index contributed by atoms with van der Waals surface area (Å²) in [5, 5.41) is 0. The molecule has 0 N–H and O–H groups in total. The van der Waals surface area contributed by atoms with Crippen molar-refractivity contribution in [2.75, 3.05) is 7.11 Å². The molecule has 0 saturated carbocycles. The molecule has 3 heteroatoms. The van der Waals surface area contributed by atoms with Crippen LogP contribution in [0.3, 0.4) is 0 Å². The van der Waals surface area contributed by atoms with Gasteiger partial charge >= 0.3 is 5.97 Å². The Bertz CT molecular complexity index is 366. The smallest absolute Gasteiger partial charge is 0.330 e. The van der Waals surface area contributed by atoms with Crippen molar-refractivity contribution in [3.05, 3.63) is 47.3 Å². The van der Waals surface area contributed by atoms with Crippen molar-refractivity contribution in [3.8, 4) is 0 Å². The van der Waals surface area contributed by atoms with Crippen LogP contribution in [0.5, 0.6) is 0 Å². The molecule has 0 amide bonds. The molecular weight excluding hydrogens is 195 g/mol. The summed E-state index contributed by atoms with van der Waals surface area (Å²) in [5.41, 5.74) is 1.85. The molecule has 0 spiro atoms. The van der Waals surface area contributed by atoms with Crippen molar-refractivity contribution in [2.24, 2.45) is 0 Å². The molecule has 0 aliphatic rings. The Labute approximate surface area is 88.4 Å². The minimum Gasteiger partial charge on any atom is -0.466 e. The first-order valence-corrected chi connectivity index (χ1v) is 4.61. The summed E-state index contributed by atoms with van der Waals surface area (Å²) in [6.45, 7) is 1.83. The lowest BCUT2D eigenvalue weighted by Gasteiger charge is -2.01. The van der Waals surface area contributed by atoms with Crippen molar-refractivity contribution in [1.82, 2.24) is 0 Å². The van der Waals surface area contributed by atoms with Crippen LogP contribution in [0, 0.1) is 5.82 Å². The zero-order chi connectivity index (χ0) is 11.3. The lowest BCUT2D eigenvalue weighted by Crippen LogP contribution is -1.97. The first-order chi connectivity index (χ1) is 7.11. The number of ether oxygens (including phenoxy) is 1. The average Bonchev–Trinajstić information content (AvgIpc) is 2.21. The van der Waals surface area contributed by atoms with E-state index >= 15 is 0 Å². The van der Waals surface area contributed by atoms with Gasteiger partial charge in [0.2, 0.25) is 0 Å². The predicted octanol–water partition coefficient (Wildman–Crippen LogP) is 2.49. The Morgan fingerprint density at radius 3 is 2.53 bits per heavy atom. The second kappa shape index (κ2) is 5.29. The Kier molecular flexibility index (Phi) is 4.03. The summed E-state index contributed by atoms with van der Waals surface area (Å²) in [6.07, 6.45) is 2.05. The topological polar surface area (TPSA) is 26.3 Å². The fourth-order valence-electron chi connectivity index (χ4n) is 1.24. The van der Waals surface area contributed by atoms with Gasteiger partial charge in [-0.05, 0) is 31.0 Å². The van der Waals surface area contributed by atoms with Gasteiger partial charge in [0.15, 0.2) is 0 Å². The lowest BCUT2D eigenvalue weighted by atomic mass is 10.1. The average molecular weight is 208 g/mol. The van der Waals surface area contributed by atoms with Gasteiger partial charge in [-0.25, -0.2) is 9.18 Å². The van der Waals surface area contributed by atoms with Crippen LogP contribution in [0.4, 0.5) is 4.39 Å². The number of methoxy groups -OCH3 is 1. The lowest BCUT2D eigenvalue weighted by molar-refractivity contribution is -0.134. The molecule has 0 unspecified atom stereocenters. The standard InChI is InChI=1S/C12H13FO2/c1-9(8-12(14)15-2)7-10-3-5-11(13)6-4-10/h3-6,8H,7H2,1-2H3/b9-8-. The first-order valence-electron chi connectivity index (χ1n) is 4.61. The highest BCUT2D eigenvalue weighted by Gasteiger charge is 1.99. The quantitative estimate of drug-likeness (QED) is 0.563. The molecule has 0 radical (unpaired) electrons. The zero-order valence-corrected chi connectivity index (χ0v) is 8.79. The van der Waals surface area contributed by atoms with E-state index in [1.807, 2.05) is 6.92 Å². The summed E-state index contributed by atoms with van der Waals surface area (Å²) in [6, 6.07) is 6.20. The number of carbonyl (C=O) groups is 1. The molecule has 0 aromatic heterocycles. The van der Waals surface area contributed by atoms with Crippen LogP contribution < -0.4 is 0 Å². The van der Waals surface area contributed by atoms with E-state index in [0.29, 0.717) is 6.42 Å². The normalized spacial score (nSPS) is 11.3. The Morgan fingerprint density at radius 1 is 1.40 bits per heavy atom. The number of rotatable bonds is 3. The molecule has 80 valence electrons. The van der Waals surface area contributed by atoms with Crippen molar-refractivity contribution >= 4 is 5.97 Å². The van der Waals surface area contributed by atoms with Gasteiger partial charge in [0.05, 0.1) is 7.11 Å². The predicted molar refractivity (Wildman–Crippen MR) is 55.9 cm³/mol. The Balaban J connectivity index is 2.66. The maximum absolute atomic E-state index is 12.6. The number of hydrogen-bond acceptors (Lipinski definition) is 2. The maximum Gasteiger partial charge on any atom is 0.330 e. The molecule has 1 rings (SSSR count). The van der Waals surface area contributed by atoms with Crippen LogP contribution in [0.2, 0.25) is 0 Å². The second-order valence-electron chi connectivity index (χ2n) is 3.32. The number of benzene rings is 1. The van der Waals surface area contributed by atoms with Gasteiger partial charge in [-0.15, -0.1) is 0 Å². The van der Waals surface area contributed by atoms with E-state index in [1.165, 1.54) is 25.3 Å². The van der Waals surface area contributed by atoms with Crippen LogP contribution in [-0.2, 0) is 16.0 Å². The molecule has 15 heavy (non-hydrogen) atoms. The molecule has 0 atom stereocenters. The molecule has 1 aromatic rings. The monoisotopic (exact) mass is 208 g/mol. The highest BCUT2D eigenvalue weighted by atomic mass is 19.1. The SMILES string of the molecule is COC(=O)/C=C(/C)Cc1ccc(F)cc1. The van der Waals surface area contributed by atoms with E-state index in [-0.39, 0.29) is 11.8 Å². The van der Waals surface area contributed by atoms with Gasteiger partial charge in [0.1, 0.15) is 5.82 Å². The summed E-state index contributed by atoms with van der Waals surface area (Å²) >= 11 is 0. The van der Waals surface area contributed by atoms with E-state index in [0.717, 1.165) is 11.1 Å². The van der Waals surface area contributed by atoms with Crippen LogP contribution in [0.1, 0.15) is 12.5 Å². The second-order valence-corrected chi connectivity index (χ2v) is 3.32. The fourth-order valence-corrected chi connectivity index (χ4v) is 1.24. The largest absolute Gasteiger partial charge is 0.466 e. The van der Waals surface area contributed by atoms with Crippen molar-refractivity contribution in [1.29, 1.82) is 0 Å². The minimum atomic E-state index is -0.366. The number of esters is 1. The molecule has 0 fully saturated rings. The molecular formula is C12H13FO2. The molecule has 2 nitrogen and oxygen atoms in total. The van der Waals surface area contributed by atoms with Crippen LogP contribution in [0.25, 0.3) is 0 Å². The number of allylic oxidation sites excluding steroid dienone is 1.